The lowest BCUT2D eigenvalue weighted by atomic mass is 10.4. The van der Waals surface area contributed by atoms with Gasteiger partial charge in [0.1, 0.15) is 12.9 Å². The topological polar surface area (TPSA) is 48.2 Å². The summed E-state index contributed by atoms with van der Waals surface area (Å²) >= 11 is 5.79. The van der Waals surface area contributed by atoms with Crippen molar-refractivity contribution in [3.8, 4) is 5.75 Å². The molecule has 0 spiro atoms. The van der Waals surface area contributed by atoms with Crippen LogP contribution in [0.15, 0.2) is 35.3 Å². The molecule has 2 aromatic heterocycles. The Hall–Kier alpha value is -1.55. The van der Waals surface area contributed by atoms with E-state index in [1.807, 2.05) is 0 Å². The van der Waals surface area contributed by atoms with Crippen LogP contribution in [0.5, 0.6) is 5.75 Å². The molecule has 0 unspecified atom stereocenters. The summed E-state index contributed by atoms with van der Waals surface area (Å²) in [5, 5.41) is 3.90. The average Bonchev–Trinajstić information content (AvgIpc) is 2.69. The first-order valence-electron chi connectivity index (χ1n) is 3.98. The summed E-state index contributed by atoms with van der Waals surface area (Å²) < 4.78 is 10.0. The molecular formula is C9H7ClN2O2. The Morgan fingerprint density at radius 1 is 1.50 bits per heavy atom. The third-order valence-corrected chi connectivity index (χ3v) is 1.89. The van der Waals surface area contributed by atoms with E-state index >= 15 is 0 Å². The van der Waals surface area contributed by atoms with Gasteiger partial charge in [-0.1, -0.05) is 16.8 Å². The van der Waals surface area contributed by atoms with Crippen LogP contribution in [0.2, 0.25) is 5.15 Å². The van der Waals surface area contributed by atoms with E-state index in [1.165, 1.54) is 6.26 Å². The molecule has 0 saturated carbocycles. The highest BCUT2D eigenvalue weighted by molar-refractivity contribution is 6.30. The van der Waals surface area contributed by atoms with Gasteiger partial charge >= 0.3 is 0 Å². The highest BCUT2D eigenvalue weighted by Gasteiger charge is 2.02. The number of aromatic nitrogens is 2. The van der Waals surface area contributed by atoms with E-state index in [-0.39, 0.29) is 0 Å². The van der Waals surface area contributed by atoms with Crippen LogP contribution in [0.3, 0.4) is 0 Å². The monoisotopic (exact) mass is 210 g/mol. The Morgan fingerprint density at radius 3 is 3.14 bits per heavy atom. The number of hydrogen-bond acceptors (Lipinski definition) is 4. The molecule has 0 fully saturated rings. The standard InChI is InChI=1S/C9H7ClN2O2/c10-9-8(2-1-3-11-9)13-5-7-4-12-14-6-7/h1-4,6H,5H2. The Balaban J connectivity index is 2.02. The van der Waals surface area contributed by atoms with Crippen LogP contribution in [-0.4, -0.2) is 10.1 Å². The van der Waals surface area contributed by atoms with E-state index in [0.717, 1.165) is 5.56 Å². The number of ether oxygens (including phenoxy) is 1. The minimum absolute atomic E-state index is 0.351. The summed E-state index contributed by atoms with van der Waals surface area (Å²) in [5.41, 5.74) is 0.852. The normalized spacial score (nSPS) is 10.1. The Morgan fingerprint density at radius 2 is 2.43 bits per heavy atom. The van der Waals surface area contributed by atoms with Gasteiger partial charge in [0, 0.05) is 11.8 Å². The second-order valence-corrected chi connectivity index (χ2v) is 2.97. The first-order chi connectivity index (χ1) is 6.86. The van der Waals surface area contributed by atoms with Crippen LogP contribution >= 0.6 is 11.6 Å². The third-order valence-electron chi connectivity index (χ3n) is 1.60. The van der Waals surface area contributed by atoms with Gasteiger partial charge in [-0.15, -0.1) is 0 Å². The summed E-state index contributed by atoms with van der Waals surface area (Å²) in [6.07, 6.45) is 4.71. The van der Waals surface area contributed by atoms with Crippen molar-refractivity contribution in [3.63, 3.8) is 0 Å². The van der Waals surface area contributed by atoms with Crippen molar-refractivity contribution in [2.45, 2.75) is 6.61 Å². The van der Waals surface area contributed by atoms with Gasteiger partial charge in [0.15, 0.2) is 10.9 Å². The van der Waals surface area contributed by atoms with Crippen molar-refractivity contribution in [1.82, 2.24) is 10.1 Å². The maximum Gasteiger partial charge on any atom is 0.171 e. The van der Waals surface area contributed by atoms with Gasteiger partial charge in [-0.3, -0.25) is 0 Å². The van der Waals surface area contributed by atoms with E-state index in [2.05, 4.69) is 14.7 Å². The largest absolute Gasteiger partial charge is 0.485 e. The number of nitrogens with zero attached hydrogens (tertiary/aromatic N) is 2. The first-order valence-corrected chi connectivity index (χ1v) is 4.35. The molecule has 0 amide bonds. The number of halogens is 1. The molecule has 72 valence electrons. The van der Waals surface area contributed by atoms with E-state index in [1.54, 1.807) is 24.5 Å². The van der Waals surface area contributed by atoms with E-state index in [9.17, 15) is 0 Å². The van der Waals surface area contributed by atoms with Crippen molar-refractivity contribution in [1.29, 1.82) is 0 Å². The van der Waals surface area contributed by atoms with Crippen molar-refractivity contribution >= 4 is 11.6 Å². The van der Waals surface area contributed by atoms with Crippen LogP contribution in [0.25, 0.3) is 0 Å². The van der Waals surface area contributed by atoms with Gasteiger partial charge in [-0.2, -0.15) is 0 Å². The van der Waals surface area contributed by atoms with E-state index in [4.69, 9.17) is 16.3 Å². The second kappa shape index (κ2) is 4.11. The Labute approximate surface area is 85.5 Å². The maximum absolute atomic E-state index is 5.79. The third kappa shape index (κ3) is 2.03. The average molecular weight is 211 g/mol. The predicted molar refractivity (Wildman–Crippen MR) is 50.1 cm³/mol. The number of hydrogen-bond donors (Lipinski definition) is 0. The van der Waals surface area contributed by atoms with Crippen molar-refractivity contribution in [2.75, 3.05) is 0 Å². The second-order valence-electron chi connectivity index (χ2n) is 2.61. The molecule has 0 aliphatic heterocycles. The first kappa shape index (κ1) is 9.02. The molecule has 0 radical (unpaired) electrons. The van der Waals surface area contributed by atoms with Gasteiger partial charge in [-0.05, 0) is 12.1 Å². The summed E-state index contributed by atoms with van der Waals surface area (Å²) in [6, 6.07) is 3.51. The minimum Gasteiger partial charge on any atom is -0.485 e. The van der Waals surface area contributed by atoms with Crippen molar-refractivity contribution < 1.29 is 9.26 Å². The molecule has 14 heavy (non-hydrogen) atoms. The van der Waals surface area contributed by atoms with Gasteiger partial charge < -0.3 is 9.26 Å². The van der Waals surface area contributed by atoms with Crippen LogP contribution in [0.4, 0.5) is 0 Å². The fourth-order valence-corrected chi connectivity index (χ4v) is 1.11. The molecule has 0 bridgehead atoms. The SMILES string of the molecule is Clc1ncccc1OCc1cnoc1. The molecule has 2 heterocycles. The maximum atomic E-state index is 5.79. The van der Waals surface area contributed by atoms with Crippen LogP contribution in [0, 0.1) is 0 Å². The van der Waals surface area contributed by atoms with Gasteiger partial charge in [0.2, 0.25) is 0 Å². The molecule has 2 rings (SSSR count). The molecule has 0 aliphatic rings. The lowest BCUT2D eigenvalue weighted by molar-refractivity contribution is 0.303. The number of rotatable bonds is 3. The molecule has 0 aliphatic carbocycles. The molecular weight excluding hydrogens is 204 g/mol. The Bertz CT molecular complexity index is 403. The van der Waals surface area contributed by atoms with Gasteiger partial charge in [0.05, 0.1) is 6.20 Å². The molecule has 0 aromatic carbocycles. The molecule has 0 atom stereocenters. The van der Waals surface area contributed by atoms with Crippen molar-refractivity contribution in [2.24, 2.45) is 0 Å². The fraction of sp³-hybridized carbons (Fsp3) is 0.111. The minimum atomic E-state index is 0.351. The van der Waals surface area contributed by atoms with E-state index in [0.29, 0.717) is 17.5 Å². The Kier molecular flexibility index (Phi) is 2.65. The number of pyridine rings is 1. The molecule has 0 N–H and O–H groups in total. The summed E-state index contributed by atoms with van der Waals surface area (Å²) in [5.74, 6) is 0.551. The zero-order chi connectivity index (χ0) is 9.80. The molecule has 0 saturated heterocycles. The quantitative estimate of drug-likeness (QED) is 0.730. The molecule has 2 aromatic rings. The van der Waals surface area contributed by atoms with Gasteiger partial charge in [-0.25, -0.2) is 4.98 Å². The predicted octanol–water partition coefficient (Wildman–Crippen LogP) is 2.30. The highest BCUT2D eigenvalue weighted by Crippen LogP contribution is 2.21. The lowest BCUT2D eigenvalue weighted by Gasteiger charge is -2.04. The summed E-state index contributed by atoms with van der Waals surface area (Å²) in [7, 11) is 0. The van der Waals surface area contributed by atoms with Gasteiger partial charge in [0.25, 0.3) is 0 Å². The molecule has 4 nitrogen and oxygen atoms in total. The highest BCUT2D eigenvalue weighted by atomic mass is 35.5. The summed E-state index contributed by atoms with van der Waals surface area (Å²) in [4.78, 5) is 3.88. The zero-order valence-electron chi connectivity index (χ0n) is 7.18. The zero-order valence-corrected chi connectivity index (χ0v) is 7.94. The lowest BCUT2D eigenvalue weighted by Crippen LogP contribution is -1.94. The molecule has 5 heteroatoms. The smallest absolute Gasteiger partial charge is 0.171 e. The van der Waals surface area contributed by atoms with Crippen LogP contribution in [0.1, 0.15) is 5.56 Å². The van der Waals surface area contributed by atoms with Crippen LogP contribution in [-0.2, 0) is 6.61 Å². The fourth-order valence-electron chi connectivity index (χ4n) is 0.938. The van der Waals surface area contributed by atoms with Crippen molar-refractivity contribution in [3.05, 3.63) is 41.5 Å². The van der Waals surface area contributed by atoms with Crippen LogP contribution < -0.4 is 4.74 Å². The summed E-state index contributed by atoms with van der Waals surface area (Å²) in [6.45, 7) is 0.370. The van der Waals surface area contributed by atoms with E-state index < -0.39 is 0 Å².